The van der Waals surface area contributed by atoms with Crippen molar-refractivity contribution in [3.8, 4) is 11.5 Å². The van der Waals surface area contributed by atoms with Crippen LogP contribution in [-0.2, 0) is 17.3 Å². The molecule has 148 valence electrons. The molecule has 0 aliphatic rings. The van der Waals surface area contributed by atoms with Crippen LogP contribution in [0.25, 0.3) is 0 Å². The van der Waals surface area contributed by atoms with Gasteiger partial charge in [-0.2, -0.15) is 0 Å². The molecule has 1 rings (SSSR count). The number of aryl methyl sites for hydroxylation is 1. The Bertz CT molecular complexity index is 654. The molecule has 0 radical (unpaired) electrons. The molecule has 26 heavy (non-hydrogen) atoms. The second-order valence-corrected chi connectivity index (χ2v) is 9.45. The highest BCUT2D eigenvalue weighted by molar-refractivity contribution is 7.86. The molecular weight excluding hydrogens is 350 g/mol. The average Bonchev–Trinajstić information content (AvgIpc) is 2.58. The lowest BCUT2D eigenvalue weighted by molar-refractivity contribution is 0.353. The monoisotopic (exact) mass is 383 g/mol. The molecule has 0 amide bonds. The minimum Gasteiger partial charge on any atom is -0.493 e. The Morgan fingerprint density at radius 2 is 1.81 bits per heavy atom. The first-order chi connectivity index (χ1) is 12.1. The summed E-state index contributed by atoms with van der Waals surface area (Å²) in [5.74, 6) is 2.80. The molecule has 1 unspecified atom stereocenters. The zero-order valence-corrected chi connectivity index (χ0v) is 18.1. The third-order valence-electron chi connectivity index (χ3n) is 4.08. The number of nitrogens with one attached hydrogen (secondary N) is 1. The van der Waals surface area contributed by atoms with Gasteiger partial charge in [0, 0.05) is 48.5 Å². The van der Waals surface area contributed by atoms with Crippen LogP contribution in [0.15, 0.2) is 17.1 Å². The van der Waals surface area contributed by atoms with E-state index in [4.69, 9.17) is 9.47 Å². The van der Waals surface area contributed by atoms with E-state index in [0.29, 0.717) is 24.6 Å². The van der Waals surface area contributed by atoms with Gasteiger partial charge in [0.2, 0.25) is 0 Å². The maximum absolute atomic E-state index is 12.2. The molecule has 0 heterocycles. The molecule has 1 aromatic carbocycles. The van der Waals surface area contributed by atoms with E-state index in [0.717, 1.165) is 22.8 Å². The predicted molar refractivity (Wildman–Crippen MR) is 110 cm³/mol. The van der Waals surface area contributed by atoms with Gasteiger partial charge in [-0.15, -0.1) is 0 Å². The van der Waals surface area contributed by atoms with Gasteiger partial charge in [-0.3, -0.25) is 9.20 Å². The molecule has 0 saturated heterocycles. The summed E-state index contributed by atoms with van der Waals surface area (Å²) < 4.78 is 22.7. The Morgan fingerprint density at radius 3 is 2.31 bits per heavy atom. The molecule has 0 bridgehead atoms. The highest BCUT2D eigenvalue weighted by Crippen LogP contribution is 2.30. The average molecular weight is 384 g/mol. The van der Waals surface area contributed by atoms with Crippen molar-refractivity contribution < 1.29 is 13.7 Å². The van der Waals surface area contributed by atoms with Gasteiger partial charge < -0.3 is 19.7 Å². The Hall–Kier alpha value is -1.76. The van der Waals surface area contributed by atoms with Gasteiger partial charge in [0.25, 0.3) is 0 Å². The summed E-state index contributed by atoms with van der Waals surface area (Å²) in [7, 11) is 6.11. The smallest absolute Gasteiger partial charge is 0.193 e. The standard InChI is InChI=1S/C19H33N3O3S/c1-14-11-16(24-7)17(25-8)12-15(14)13-22(6)18(20-5)21-9-10-26(23)19(2,3)4/h11-12H,9-10,13H2,1-8H3,(H,20,21). The first kappa shape index (κ1) is 22.3. The number of aliphatic imine (C=N–C) groups is 1. The molecule has 1 aromatic rings. The van der Waals surface area contributed by atoms with Crippen molar-refractivity contribution in [2.24, 2.45) is 4.99 Å². The Labute approximate surface area is 160 Å². The van der Waals surface area contributed by atoms with Gasteiger partial charge in [0.15, 0.2) is 17.5 Å². The molecule has 0 fully saturated rings. The Kier molecular flexibility index (Phi) is 8.40. The fourth-order valence-electron chi connectivity index (χ4n) is 2.47. The van der Waals surface area contributed by atoms with Gasteiger partial charge in [0.05, 0.1) is 14.2 Å². The molecule has 0 aliphatic carbocycles. The lowest BCUT2D eigenvalue weighted by Gasteiger charge is -2.24. The first-order valence-corrected chi connectivity index (χ1v) is 9.97. The van der Waals surface area contributed by atoms with Crippen LogP contribution < -0.4 is 14.8 Å². The van der Waals surface area contributed by atoms with E-state index < -0.39 is 10.8 Å². The van der Waals surface area contributed by atoms with Crippen LogP contribution in [0.4, 0.5) is 0 Å². The number of methoxy groups -OCH3 is 2. The summed E-state index contributed by atoms with van der Waals surface area (Å²) in [6, 6.07) is 3.97. The van der Waals surface area contributed by atoms with Gasteiger partial charge in [-0.05, 0) is 51.0 Å². The van der Waals surface area contributed by atoms with Crippen molar-refractivity contribution in [3.63, 3.8) is 0 Å². The van der Waals surface area contributed by atoms with Crippen molar-refractivity contribution in [1.29, 1.82) is 0 Å². The fourth-order valence-corrected chi connectivity index (χ4v) is 3.37. The van der Waals surface area contributed by atoms with E-state index in [1.54, 1.807) is 21.3 Å². The second kappa shape index (κ2) is 9.80. The number of benzene rings is 1. The van der Waals surface area contributed by atoms with Gasteiger partial charge in [-0.25, -0.2) is 0 Å². The predicted octanol–water partition coefficient (Wildman–Crippen LogP) is 2.57. The van der Waals surface area contributed by atoms with E-state index in [-0.39, 0.29) is 4.75 Å². The van der Waals surface area contributed by atoms with E-state index in [9.17, 15) is 4.21 Å². The number of rotatable bonds is 7. The molecule has 6 nitrogen and oxygen atoms in total. The quantitative estimate of drug-likeness (QED) is 0.579. The summed E-state index contributed by atoms with van der Waals surface area (Å²) in [6.45, 7) is 9.31. The Morgan fingerprint density at radius 1 is 1.23 bits per heavy atom. The van der Waals surface area contributed by atoms with Crippen molar-refractivity contribution in [3.05, 3.63) is 23.3 Å². The van der Waals surface area contributed by atoms with Crippen LogP contribution in [0.3, 0.4) is 0 Å². The molecule has 1 N–H and O–H groups in total. The molecule has 0 spiro atoms. The van der Waals surface area contributed by atoms with Crippen LogP contribution in [0.2, 0.25) is 0 Å². The lowest BCUT2D eigenvalue weighted by atomic mass is 10.1. The number of hydrogen-bond donors (Lipinski definition) is 1. The maximum atomic E-state index is 12.2. The van der Waals surface area contributed by atoms with Crippen LogP contribution in [0.5, 0.6) is 11.5 Å². The summed E-state index contributed by atoms with van der Waals surface area (Å²) in [4.78, 5) is 6.36. The minimum atomic E-state index is -0.885. The van der Waals surface area contributed by atoms with E-state index in [2.05, 4.69) is 10.3 Å². The zero-order chi connectivity index (χ0) is 19.9. The summed E-state index contributed by atoms with van der Waals surface area (Å²) >= 11 is 0. The topological polar surface area (TPSA) is 63.2 Å². The van der Waals surface area contributed by atoms with Gasteiger partial charge in [-0.1, -0.05) is 0 Å². The first-order valence-electron chi connectivity index (χ1n) is 8.65. The largest absolute Gasteiger partial charge is 0.493 e. The SMILES string of the molecule is CN=C(NCCS(=O)C(C)(C)C)N(C)Cc1cc(OC)c(OC)cc1C. The lowest BCUT2D eigenvalue weighted by Crippen LogP contribution is -2.41. The number of ether oxygens (including phenoxy) is 2. The fraction of sp³-hybridized carbons (Fsp3) is 0.632. The number of hydrogen-bond acceptors (Lipinski definition) is 4. The van der Waals surface area contributed by atoms with Crippen molar-refractivity contribution in [1.82, 2.24) is 10.2 Å². The van der Waals surface area contributed by atoms with E-state index >= 15 is 0 Å². The van der Waals surface area contributed by atoms with E-state index in [1.807, 2.05) is 51.8 Å². The van der Waals surface area contributed by atoms with Crippen molar-refractivity contribution in [2.45, 2.75) is 39.0 Å². The van der Waals surface area contributed by atoms with E-state index in [1.165, 1.54) is 0 Å². The Balaban J connectivity index is 2.76. The molecule has 0 aliphatic heterocycles. The molecule has 1 atom stereocenters. The van der Waals surface area contributed by atoms with Gasteiger partial charge >= 0.3 is 0 Å². The molecule has 0 aromatic heterocycles. The normalized spacial score (nSPS) is 13.3. The number of guanidine groups is 1. The zero-order valence-electron chi connectivity index (χ0n) is 17.3. The molecule has 7 heteroatoms. The third-order valence-corrected chi connectivity index (χ3v) is 6.02. The van der Waals surface area contributed by atoms with Crippen LogP contribution >= 0.6 is 0 Å². The second-order valence-electron chi connectivity index (χ2n) is 7.13. The summed E-state index contributed by atoms with van der Waals surface area (Å²) in [5, 5.41) is 3.29. The summed E-state index contributed by atoms with van der Waals surface area (Å²) in [5.41, 5.74) is 2.25. The van der Waals surface area contributed by atoms with Crippen LogP contribution in [0, 0.1) is 6.92 Å². The minimum absolute atomic E-state index is 0.201. The van der Waals surface area contributed by atoms with Gasteiger partial charge in [0.1, 0.15) is 0 Å². The van der Waals surface area contributed by atoms with Crippen molar-refractivity contribution >= 4 is 16.8 Å². The van der Waals surface area contributed by atoms with Crippen molar-refractivity contribution in [2.75, 3.05) is 40.6 Å². The molecular formula is C19H33N3O3S. The third kappa shape index (κ3) is 6.20. The maximum Gasteiger partial charge on any atom is 0.193 e. The number of nitrogens with zero attached hydrogens (tertiary/aromatic N) is 2. The van der Waals surface area contributed by atoms with Crippen LogP contribution in [0.1, 0.15) is 31.9 Å². The summed E-state index contributed by atoms with van der Waals surface area (Å²) in [6.07, 6.45) is 0. The highest BCUT2D eigenvalue weighted by atomic mass is 32.2. The molecule has 0 saturated carbocycles. The van der Waals surface area contributed by atoms with Crippen LogP contribution in [-0.4, -0.2) is 60.4 Å². The highest BCUT2D eigenvalue weighted by Gasteiger charge is 2.19.